The SMILES string of the molecule is CO[C@@H]1[OH+][C@H](CO)[C@@H](O)[C@H](O)[C@H]1O. The third-order valence-corrected chi connectivity index (χ3v) is 2.15. The molecule has 0 aromatic rings. The minimum absolute atomic E-state index is 0.384. The first-order valence-electron chi connectivity index (χ1n) is 3.99. The highest BCUT2D eigenvalue weighted by molar-refractivity contribution is 4.87. The minimum atomic E-state index is -1.33. The first-order valence-corrected chi connectivity index (χ1v) is 3.99. The molecular weight excluding hydrogens is 180 g/mol. The average Bonchev–Trinajstić information content (AvgIpc) is 2.15. The van der Waals surface area contributed by atoms with Crippen LogP contribution < -0.4 is 0 Å². The van der Waals surface area contributed by atoms with Gasteiger partial charge in [-0.3, -0.25) is 0 Å². The molecular formula is C7H15O6+. The van der Waals surface area contributed by atoms with Crippen LogP contribution in [0.1, 0.15) is 0 Å². The Morgan fingerprint density at radius 2 is 1.77 bits per heavy atom. The largest absolute Gasteiger partial charge is 0.402 e. The molecule has 1 heterocycles. The lowest BCUT2D eigenvalue weighted by molar-refractivity contribution is -0.365. The zero-order chi connectivity index (χ0) is 10.0. The van der Waals surface area contributed by atoms with Crippen molar-refractivity contribution in [1.82, 2.24) is 0 Å². The second kappa shape index (κ2) is 4.32. The number of aliphatic hydroxyl groups is 6. The van der Waals surface area contributed by atoms with E-state index in [9.17, 15) is 15.3 Å². The molecule has 0 aromatic carbocycles. The fourth-order valence-electron chi connectivity index (χ4n) is 1.32. The Labute approximate surface area is 75.3 Å². The van der Waals surface area contributed by atoms with Crippen LogP contribution >= 0.6 is 0 Å². The van der Waals surface area contributed by atoms with Crippen LogP contribution in [0.3, 0.4) is 0 Å². The van der Waals surface area contributed by atoms with Crippen molar-refractivity contribution in [2.24, 2.45) is 0 Å². The molecule has 0 unspecified atom stereocenters. The van der Waals surface area contributed by atoms with Gasteiger partial charge in [-0.2, -0.15) is 0 Å². The molecule has 0 aromatic heterocycles. The van der Waals surface area contributed by atoms with Crippen LogP contribution in [0.4, 0.5) is 0 Å². The van der Waals surface area contributed by atoms with Crippen molar-refractivity contribution in [3.05, 3.63) is 0 Å². The Morgan fingerprint density at radius 1 is 1.15 bits per heavy atom. The maximum absolute atomic E-state index is 9.31. The topological polar surface area (TPSA) is 103 Å². The van der Waals surface area contributed by atoms with Gasteiger partial charge in [-0.25, -0.2) is 0 Å². The lowest BCUT2D eigenvalue weighted by Crippen LogP contribution is -2.60. The van der Waals surface area contributed by atoms with Gasteiger partial charge in [0, 0.05) is 7.11 Å². The van der Waals surface area contributed by atoms with E-state index in [0.29, 0.717) is 0 Å². The van der Waals surface area contributed by atoms with E-state index in [1.54, 1.807) is 0 Å². The molecule has 0 radical (unpaired) electrons. The highest BCUT2D eigenvalue weighted by Crippen LogP contribution is 2.18. The Balaban J connectivity index is 2.66. The van der Waals surface area contributed by atoms with Crippen LogP contribution in [0.5, 0.6) is 0 Å². The molecule has 13 heavy (non-hydrogen) atoms. The first-order chi connectivity index (χ1) is 6.11. The molecule has 5 N–H and O–H groups in total. The highest BCUT2D eigenvalue weighted by atomic mass is 16.7. The van der Waals surface area contributed by atoms with E-state index in [-0.39, 0.29) is 6.61 Å². The summed E-state index contributed by atoms with van der Waals surface area (Å²) in [5.74, 6) is 0. The Hall–Kier alpha value is -0.240. The first kappa shape index (κ1) is 10.8. The molecule has 6 heteroatoms. The fraction of sp³-hybridized carbons (Fsp3) is 1.00. The van der Waals surface area contributed by atoms with Gasteiger partial charge in [0.05, 0.1) is 0 Å². The fourth-order valence-corrected chi connectivity index (χ4v) is 1.32. The summed E-state index contributed by atoms with van der Waals surface area (Å²) in [5, 5.41) is 36.7. The normalized spacial score (nSPS) is 46.4. The van der Waals surface area contributed by atoms with Crippen molar-refractivity contribution in [3.63, 3.8) is 0 Å². The second-order valence-electron chi connectivity index (χ2n) is 3.00. The van der Waals surface area contributed by atoms with Crippen LogP contribution in [0, 0.1) is 0 Å². The van der Waals surface area contributed by atoms with Gasteiger partial charge in [-0.1, -0.05) is 0 Å². The predicted molar refractivity (Wildman–Crippen MR) is 41.9 cm³/mol. The van der Waals surface area contributed by atoms with Gasteiger partial charge in [0.2, 0.25) is 6.10 Å². The zero-order valence-electron chi connectivity index (χ0n) is 7.24. The molecule has 1 fully saturated rings. The summed E-state index contributed by atoms with van der Waals surface area (Å²) in [4.78, 5) is 0. The number of rotatable bonds is 2. The summed E-state index contributed by atoms with van der Waals surface area (Å²) in [6, 6.07) is 0. The molecule has 0 spiro atoms. The highest BCUT2D eigenvalue weighted by Gasteiger charge is 2.47. The lowest BCUT2D eigenvalue weighted by atomic mass is 9.99. The van der Waals surface area contributed by atoms with E-state index < -0.39 is 30.7 Å². The van der Waals surface area contributed by atoms with Gasteiger partial charge in [0.15, 0.2) is 12.2 Å². The maximum Gasteiger partial charge on any atom is 0.294 e. The second-order valence-corrected chi connectivity index (χ2v) is 3.00. The number of methoxy groups -OCH3 is 1. The van der Waals surface area contributed by atoms with Gasteiger partial charge in [-0.05, 0) is 0 Å². The summed E-state index contributed by atoms with van der Waals surface area (Å²) >= 11 is 0. The van der Waals surface area contributed by atoms with Crippen LogP contribution in [-0.4, -0.2) is 69.6 Å². The molecule has 0 saturated carbocycles. The van der Waals surface area contributed by atoms with E-state index in [4.69, 9.17) is 9.84 Å². The van der Waals surface area contributed by atoms with Crippen molar-refractivity contribution < 1.29 is 29.9 Å². The number of aliphatic hydroxyl groups excluding tert-OH is 4. The molecule has 1 aliphatic rings. The van der Waals surface area contributed by atoms with Crippen LogP contribution in [0.25, 0.3) is 0 Å². The average molecular weight is 195 g/mol. The Kier molecular flexibility index (Phi) is 3.60. The molecule has 6 nitrogen and oxygen atoms in total. The lowest BCUT2D eigenvalue weighted by Gasteiger charge is -2.35. The molecule has 0 aliphatic carbocycles. The standard InChI is InChI=1S/C7H14O6/c1-12-7-6(11)5(10)4(9)3(2-8)13-7/h3-11H,2H2,1H3/p+1/t3-,4-,5+,6-,7-/m1/s1. The van der Waals surface area contributed by atoms with Gasteiger partial charge in [0.1, 0.15) is 12.7 Å². The van der Waals surface area contributed by atoms with Gasteiger partial charge in [0.25, 0.3) is 6.29 Å². The number of hydrogen-bond acceptors (Lipinski definition) is 5. The molecule has 1 aliphatic heterocycles. The molecule has 78 valence electrons. The van der Waals surface area contributed by atoms with Gasteiger partial charge >= 0.3 is 0 Å². The maximum atomic E-state index is 9.31. The van der Waals surface area contributed by atoms with Gasteiger partial charge in [-0.15, -0.1) is 0 Å². The summed E-state index contributed by atoms with van der Waals surface area (Å²) in [6.45, 7) is -0.384. The minimum Gasteiger partial charge on any atom is -0.402 e. The van der Waals surface area contributed by atoms with Crippen LogP contribution in [-0.2, 0) is 4.74 Å². The summed E-state index contributed by atoms with van der Waals surface area (Å²) in [6.07, 6.45) is -5.52. The quantitative estimate of drug-likeness (QED) is 0.350. The monoisotopic (exact) mass is 195 g/mol. The molecule has 1 rings (SSSR count). The van der Waals surface area contributed by atoms with Crippen LogP contribution in [0.2, 0.25) is 0 Å². The molecule has 0 bridgehead atoms. The molecule has 5 atom stereocenters. The van der Waals surface area contributed by atoms with E-state index in [1.165, 1.54) is 7.11 Å². The van der Waals surface area contributed by atoms with Crippen molar-refractivity contribution in [1.29, 1.82) is 0 Å². The zero-order valence-corrected chi connectivity index (χ0v) is 7.24. The van der Waals surface area contributed by atoms with Gasteiger partial charge < -0.3 is 29.9 Å². The van der Waals surface area contributed by atoms with E-state index in [2.05, 4.69) is 4.74 Å². The number of ether oxygens (including phenoxy) is 2. The van der Waals surface area contributed by atoms with E-state index in [1.807, 2.05) is 0 Å². The van der Waals surface area contributed by atoms with E-state index in [0.717, 1.165) is 0 Å². The van der Waals surface area contributed by atoms with Crippen LogP contribution in [0.15, 0.2) is 0 Å². The number of hydrogen-bond donors (Lipinski definition) is 4. The van der Waals surface area contributed by atoms with Crippen molar-refractivity contribution in [2.75, 3.05) is 13.7 Å². The summed E-state index contributed by atoms with van der Waals surface area (Å²) < 4.78 is 8.55. The molecule has 1 saturated heterocycles. The Morgan fingerprint density at radius 3 is 2.23 bits per heavy atom. The predicted octanol–water partition coefficient (Wildman–Crippen LogP) is -3.06. The van der Waals surface area contributed by atoms with E-state index >= 15 is 0 Å². The third kappa shape index (κ3) is 1.98. The van der Waals surface area contributed by atoms with Crippen molar-refractivity contribution >= 4 is 0 Å². The molecule has 0 amide bonds. The smallest absolute Gasteiger partial charge is 0.294 e. The summed E-state index contributed by atoms with van der Waals surface area (Å²) in [7, 11) is 1.33. The van der Waals surface area contributed by atoms with Crippen molar-refractivity contribution in [3.8, 4) is 0 Å². The Bertz CT molecular complexity index is 143. The summed E-state index contributed by atoms with van der Waals surface area (Å²) in [5.41, 5.74) is 0. The van der Waals surface area contributed by atoms with Crippen molar-refractivity contribution in [2.45, 2.75) is 30.7 Å². The third-order valence-electron chi connectivity index (χ3n) is 2.15.